The lowest BCUT2D eigenvalue weighted by Gasteiger charge is -2.11. The van der Waals surface area contributed by atoms with Crippen LogP contribution in [-0.4, -0.2) is 6.54 Å². The van der Waals surface area contributed by atoms with E-state index in [-0.39, 0.29) is 5.82 Å². The predicted octanol–water partition coefficient (Wildman–Crippen LogP) is 5.03. The number of benzene rings is 2. The average molecular weight is 303 g/mol. The topological polar surface area (TPSA) is 12.0 Å². The van der Waals surface area contributed by atoms with E-state index >= 15 is 0 Å². The van der Waals surface area contributed by atoms with Gasteiger partial charge in [0.05, 0.1) is 0 Å². The molecule has 0 amide bonds. The van der Waals surface area contributed by atoms with Crippen molar-refractivity contribution in [1.82, 2.24) is 5.32 Å². The molecule has 0 spiro atoms. The minimum atomic E-state index is -0.189. The standard InChI is InChI=1S/C18H22FNS/c1-13(2)11-20-12-15-7-8-18(9-14(15)3)21-17-6-4-5-16(19)10-17/h4-10,13,20H,11-12H2,1-3H3. The lowest BCUT2D eigenvalue weighted by atomic mass is 10.1. The number of aryl methyl sites for hydroxylation is 1. The van der Waals surface area contributed by atoms with Gasteiger partial charge in [0.15, 0.2) is 0 Å². The van der Waals surface area contributed by atoms with E-state index in [4.69, 9.17) is 0 Å². The van der Waals surface area contributed by atoms with Gasteiger partial charge in [0, 0.05) is 16.3 Å². The van der Waals surface area contributed by atoms with Crippen molar-refractivity contribution < 1.29 is 4.39 Å². The number of rotatable bonds is 6. The quantitative estimate of drug-likeness (QED) is 0.803. The summed E-state index contributed by atoms with van der Waals surface area (Å²) in [4.78, 5) is 2.07. The molecule has 0 radical (unpaired) electrons. The van der Waals surface area contributed by atoms with Crippen molar-refractivity contribution in [1.29, 1.82) is 0 Å². The maximum Gasteiger partial charge on any atom is 0.124 e. The molecule has 0 heterocycles. The molecule has 0 aliphatic carbocycles. The Morgan fingerprint density at radius 1 is 1.10 bits per heavy atom. The molecule has 0 aliphatic heterocycles. The summed E-state index contributed by atoms with van der Waals surface area (Å²) in [5.41, 5.74) is 2.59. The second kappa shape index (κ2) is 7.62. The van der Waals surface area contributed by atoms with Gasteiger partial charge in [-0.1, -0.05) is 37.7 Å². The van der Waals surface area contributed by atoms with E-state index in [1.807, 2.05) is 6.07 Å². The Morgan fingerprint density at radius 2 is 1.86 bits per heavy atom. The zero-order valence-corrected chi connectivity index (χ0v) is 13.6. The van der Waals surface area contributed by atoms with Crippen molar-refractivity contribution in [2.75, 3.05) is 6.54 Å². The maximum atomic E-state index is 13.2. The number of hydrogen-bond donors (Lipinski definition) is 1. The molecule has 21 heavy (non-hydrogen) atoms. The molecule has 112 valence electrons. The van der Waals surface area contributed by atoms with E-state index in [1.54, 1.807) is 23.9 Å². The Labute approximate surface area is 131 Å². The second-order valence-corrected chi connectivity index (χ2v) is 6.82. The third-order valence-electron chi connectivity index (χ3n) is 3.21. The fraction of sp³-hybridized carbons (Fsp3) is 0.333. The van der Waals surface area contributed by atoms with E-state index in [0.717, 1.165) is 22.9 Å². The van der Waals surface area contributed by atoms with E-state index in [0.29, 0.717) is 5.92 Å². The lowest BCUT2D eigenvalue weighted by molar-refractivity contribution is 0.551. The van der Waals surface area contributed by atoms with Crippen molar-refractivity contribution in [3.8, 4) is 0 Å². The first-order chi connectivity index (χ1) is 10.0. The Balaban J connectivity index is 2.01. The summed E-state index contributed by atoms with van der Waals surface area (Å²) in [5.74, 6) is 0.472. The minimum Gasteiger partial charge on any atom is -0.312 e. The summed E-state index contributed by atoms with van der Waals surface area (Å²) in [6.45, 7) is 8.47. The summed E-state index contributed by atoms with van der Waals surface area (Å²) >= 11 is 1.59. The Hall–Kier alpha value is -1.32. The first-order valence-electron chi connectivity index (χ1n) is 7.28. The summed E-state index contributed by atoms with van der Waals surface area (Å²) in [7, 11) is 0. The Kier molecular flexibility index (Phi) is 5.83. The molecule has 2 rings (SSSR count). The van der Waals surface area contributed by atoms with Gasteiger partial charge in [0.2, 0.25) is 0 Å². The zero-order chi connectivity index (χ0) is 15.2. The molecule has 1 N–H and O–H groups in total. The highest BCUT2D eigenvalue weighted by atomic mass is 32.2. The van der Waals surface area contributed by atoms with Crippen molar-refractivity contribution in [3.63, 3.8) is 0 Å². The second-order valence-electron chi connectivity index (χ2n) is 5.67. The highest BCUT2D eigenvalue weighted by Crippen LogP contribution is 2.29. The van der Waals surface area contributed by atoms with E-state index < -0.39 is 0 Å². The molecule has 0 saturated carbocycles. The molecular formula is C18H22FNS. The van der Waals surface area contributed by atoms with Gasteiger partial charge in [-0.2, -0.15) is 0 Å². The maximum absolute atomic E-state index is 13.2. The van der Waals surface area contributed by atoms with Crippen LogP contribution < -0.4 is 5.32 Å². The highest BCUT2D eigenvalue weighted by Gasteiger charge is 2.03. The van der Waals surface area contributed by atoms with Gasteiger partial charge in [-0.15, -0.1) is 0 Å². The third-order valence-corrected chi connectivity index (χ3v) is 4.19. The van der Waals surface area contributed by atoms with Crippen LogP contribution in [0, 0.1) is 18.7 Å². The van der Waals surface area contributed by atoms with Gasteiger partial charge < -0.3 is 5.32 Å². The fourth-order valence-corrected chi connectivity index (χ4v) is 3.05. The van der Waals surface area contributed by atoms with Crippen molar-refractivity contribution >= 4 is 11.8 Å². The monoisotopic (exact) mass is 303 g/mol. The smallest absolute Gasteiger partial charge is 0.124 e. The molecule has 0 unspecified atom stereocenters. The molecule has 0 atom stereocenters. The Bertz CT molecular complexity index is 596. The molecule has 3 heteroatoms. The van der Waals surface area contributed by atoms with Crippen LogP contribution in [-0.2, 0) is 6.54 Å². The van der Waals surface area contributed by atoms with Crippen LogP contribution in [0.1, 0.15) is 25.0 Å². The van der Waals surface area contributed by atoms with Gasteiger partial charge >= 0.3 is 0 Å². The van der Waals surface area contributed by atoms with Crippen LogP contribution in [0.15, 0.2) is 52.3 Å². The highest BCUT2D eigenvalue weighted by molar-refractivity contribution is 7.99. The summed E-state index contributed by atoms with van der Waals surface area (Å²) in [6.07, 6.45) is 0. The predicted molar refractivity (Wildman–Crippen MR) is 88.2 cm³/mol. The fourth-order valence-electron chi connectivity index (χ4n) is 2.09. The van der Waals surface area contributed by atoms with Crippen LogP contribution in [0.2, 0.25) is 0 Å². The lowest BCUT2D eigenvalue weighted by Crippen LogP contribution is -2.19. The van der Waals surface area contributed by atoms with E-state index in [2.05, 4.69) is 44.3 Å². The molecular weight excluding hydrogens is 281 g/mol. The number of hydrogen-bond acceptors (Lipinski definition) is 2. The normalized spacial score (nSPS) is 11.1. The van der Waals surface area contributed by atoms with E-state index in [9.17, 15) is 4.39 Å². The zero-order valence-electron chi connectivity index (χ0n) is 12.8. The summed E-state index contributed by atoms with van der Waals surface area (Å²) in [5, 5.41) is 3.46. The molecule has 0 saturated heterocycles. The number of halogens is 1. The van der Waals surface area contributed by atoms with Crippen molar-refractivity contribution in [2.24, 2.45) is 5.92 Å². The third kappa shape index (κ3) is 5.18. The molecule has 2 aromatic rings. The minimum absolute atomic E-state index is 0.189. The first kappa shape index (κ1) is 16.1. The average Bonchev–Trinajstić information content (AvgIpc) is 2.41. The summed E-state index contributed by atoms with van der Waals surface area (Å²) in [6, 6.07) is 13.1. The van der Waals surface area contributed by atoms with Gasteiger partial charge in [-0.25, -0.2) is 4.39 Å². The van der Waals surface area contributed by atoms with Crippen LogP contribution in [0.3, 0.4) is 0 Å². The van der Waals surface area contributed by atoms with Gasteiger partial charge in [0.1, 0.15) is 5.82 Å². The van der Waals surface area contributed by atoms with Crippen molar-refractivity contribution in [2.45, 2.75) is 37.1 Å². The number of nitrogens with one attached hydrogen (secondary N) is 1. The van der Waals surface area contributed by atoms with Crippen molar-refractivity contribution in [3.05, 3.63) is 59.4 Å². The van der Waals surface area contributed by atoms with E-state index in [1.165, 1.54) is 17.2 Å². The van der Waals surface area contributed by atoms with Crippen LogP contribution >= 0.6 is 11.8 Å². The van der Waals surface area contributed by atoms with Crippen LogP contribution in [0.4, 0.5) is 4.39 Å². The van der Waals surface area contributed by atoms with Crippen LogP contribution in [0.25, 0.3) is 0 Å². The first-order valence-corrected chi connectivity index (χ1v) is 8.10. The molecule has 0 fully saturated rings. The molecule has 0 aliphatic rings. The largest absolute Gasteiger partial charge is 0.312 e. The SMILES string of the molecule is Cc1cc(Sc2cccc(F)c2)ccc1CNCC(C)C. The molecule has 0 aromatic heterocycles. The summed E-state index contributed by atoms with van der Waals surface area (Å²) < 4.78 is 13.2. The van der Waals surface area contributed by atoms with Gasteiger partial charge in [-0.3, -0.25) is 0 Å². The van der Waals surface area contributed by atoms with Gasteiger partial charge in [0.25, 0.3) is 0 Å². The molecule has 0 bridgehead atoms. The Morgan fingerprint density at radius 3 is 2.52 bits per heavy atom. The van der Waals surface area contributed by atoms with Gasteiger partial charge in [-0.05, 0) is 60.8 Å². The van der Waals surface area contributed by atoms with Crippen LogP contribution in [0.5, 0.6) is 0 Å². The molecule has 1 nitrogen and oxygen atoms in total. The molecule has 2 aromatic carbocycles.